The van der Waals surface area contributed by atoms with E-state index in [2.05, 4.69) is 23.8 Å². The zero-order valence-electron chi connectivity index (χ0n) is 21.0. The van der Waals surface area contributed by atoms with Gasteiger partial charge in [0.25, 0.3) is 5.91 Å². The van der Waals surface area contributed by atoms with Crippen molar-refractivity contribution in [3.8, 4) is 0 Å². The Balaban J connectivity index is 0.000000926. The molecule has 0 unspecified atom stereocenters. The van der Waals surface area contributed by atoms with Gasteiger partial charge in [0.15, 0.2) is 5.82 Å². The standard InChI is InChI=1S/C23H23ClF2N2O.C4H6.C2H6/c1-3-14(4-2)18-7-8-20(22(26)21(18)24)28-23(29)16-5-6-17(19(25)13-16)15-9-11-27-12-10-15;1-3-4-2;1-2/h3,5-9,13,27H,4,10-12H2,1-2H3,(H,28,29);3-4H,1-2H2;1-2H3/b14-3+;;. The molecule has 188 valence electrons. The molecule has 0 spiro atoms. The smallest absolute Gasteiger partial charge is 0.255 e. The van der Waals surface area contributed by atoms with Gasteiger partial charge in [-0.05, 0) is 61.2 Å². The minimum Gasteiger partial charge on any atom is -0.319 e. The number of amides is 1. The van der Waals surface area contributed by atoms with Crippen molar-refractivity contribution in [2.45, 2.75) is 40.5 Å². The molecule has 0 aromatic heterocycles. The highest BCUT2D eigenvalue weighted by atomic mass is 35.5. The monoisotopic (exact) mass is 500 g/mol. The maximum Gasteiger partial charge on any atom is 0.255 e. The average molecular weight is 501 g/mol. The number of allylic oxidation sites excluding steroid dienone is 4. The van der Waals surface area contributed by atoms with Gasteiger partial charge in [0.2, 0.25) is 0 Å². The predicted molar refractivity (Wildman–Crippen MR) is 147 cm³/mol. The summed E-state index contributed by atoms with van der Waals surface area (Å²) in [5, 5.41) is 5.62. The highest BCUT2D eigenvalue weighted by molar-refractivity contribution is 6.33. The minimum atomic E-state index is -0.706. The summed E-state index contributed by atoms with van der Waals surface area (Å²) in [7, 11) is 0. The second kappa shape index (κ2) is 15.8. The van der Waals surface area contributed by atoms with Crippen LogP contribution in [-0.4, -0.2) is 19.0 Å². The van der Waals surface area contributed by atoms with Gasteiger partial charge in [-0.2, -0.15) is 0 Å². The van der Waals surface area contributed by atoms with Gasteiger partial charge in [0, 0.05) is 17.7 Å². The number of anilines is 1. The molecule has 0 saturated carbocycles. The molecule has 6 heteroatoms. The molecule has 0 aliphatic carbocycles. The fourth-order valence-corrected chi connectivity index (χ4v) is 3.71. The van der Waals surface area contributed by atoms with Crippen LogP contribution in [0.5, 0.6) is 0 Å². The van der Waals surface area contributed by atoms with Gasteiger partial charge in [-0.25, -0.2) is 8.78 Å². The summed E-state index contributed by atoms with van der Waals surface area (Å²) in [5.74, 6) is -1.78. The number of benzene rings is 2. The van der Waals surface area contributed by atoms with E-state index in [1.54, 1.807) is 30.4 Å². The molecule has 0 atom stereocenters. The van der Waals surface area contributed by atoms with Crippen LogP contribution in [0.1, 0.15) is 62.0 Å². The number of rotatable bonds is 6. The van der Waals surface area contributed by atoms with Gasteiger partial charge in [0.05, 0.1) is 10.7 Å². The third-order valence-electron chi connectivity index (χ3n) is 5.21. The van der Waals surface area contributed by atoms with Crippen molar-refractivity contribution in [2.75, 3.05) is 18.4 Å². The summed E-state index contributed by atoms with van der Waals surface area (Å²) in [5.41, 5.74) is 2.98. The first kappa shape index (κ1) is 30.0. The van der Waals surface area contributed by atoms with Crippen LogP contribution in [0.2, 0.25) is 5.02 Å². The maximum atomic E-state index is 14.7. The SMILES string of the molecule is C/C=C(\CC)c1ccc(NC(=O)c2ccc(C3=CCNCC3)c(F)c2)c(F)c1Cl.C=CC=C.CC. The number of hydrogen-bond donors (Lipinski definition) is 2. The van der Waals surface area contributed by atoms with Crippen LogP contribution in [0.25, 0.3) is 11.1 Å². The molecule has 3 rings (SSSR count). The summed E-state index contributed by atoms with van der Waals surface area (Å²) < 4.78 is 29.3. The van der Waals surface area contributed by atoms with E-state index in [0.29, 0.717) is 24.1 Å². The quantitative estimate of drug-likeness (QED) is 0.390. The van der Waals surface area contributed by atoms with Crippen LogP contribution in [0, 0.1) is 11.6 Å². The van der Waals surface area contributed by atoms with Gasteiger partial charge in [-0.15, -0.1) is 0 Å². The first-order valence-corrected chi connectivity index (χ1v) is 12.1. The van der Waals surface area contributed by atoms with Crippen LogP contribution >= 0.6 is 11.6 Å². The summed E-state index contributed by atoms with van der Waals surface area (Å²) in [6, 6.07) is 7.45. The normalized spacial score (nSPS) is 12.8. The molecule has 2 aromatic rings. The van der Waals surface area contributed by atoms with E-state index in [9.17, 15) is 13.6 Å². The van der Waals surface area contributed by atoms with Crippen LogP contribution in [0.3, 0.4) is 0 Å². The zero-order valence-corrected chi connectivity index (χ0v) is 21.7. The molecule has 1 aliphatic heterocycles. The Hall–Kier alpha value is -3.02. The second-order valence-electron chi connectivity index (χ2n) is 7.26. The fourth-order valence-electron chi connectivity index (χ4n) is 3.42. The van der Waals surface area contributed by atoms with E-state index < -0.39 is 17.5 Å². The van der Waals surface area contributed by atoms with Crippen molar-refractivity contribution in [1.82, 2.24) is 5.32 Å². The molecule has 1 heterocycles. The van der Waals surface area contributed by atoms with Crippen LogP contribution in [-0.2, 0) is 0 Å². The topological polar surface area (TPSA) is 41.1 Å². The van der Waals surface area contributed by atoms with Gasteiger partial charge in [0.1, 0.15) is 5.82 Å². The summed E-state index contributed by atoms with van der Waals surface area (Å²) >= 11 is 6.17. The van der Waals surface area contributed by atoms with E-state index >= 15 is 0 Å². The lowest BCUT2D eigenvalue weighted by atomic mass is 9.98. The van der Waals surface area contributed by atoms with Crippen LogP contribution in [0.4, 0.5) is 14.5 Å². The minimum absolute atomic E-state index is 0.0409. The van der Waals surface area contributed by atoms with E-state index in [1.807, 2.05) is 39.8 Å². The molecular weight excluding hydrogens is 466 g/mol. The van der Waals surface area contributed by atoms with Crippen LogP contribution < -0.4 is 10.6 Å². The Kier molecular flexibility index (Phi) is 13.5. The Labute approximate surface area is 213 Å². The van der Waals surface area contributed by atoms with Crippen molar-refractivity contribution in [1.29, 1.82) is 0 Å². The third-order valence-corrected chi connectivity index (χ3v) is 5.58. The highest BCUT2D eigenvalue weighted by Crippen LogP contribution is 2.32. The zero-order chi connectivity index (χ0) is 26.4. The number of carbonyl (C=O) groups is 1. The van der Waals surface area contributed by atoms with E-state index in [0.717, 1.165) is 24.1 Å². The molecule has 0 saturated heterocycles. The van der Waals surface area contributed by atoms with Crippen molar-refractivity contribution in [3.63, 3.8) is 0 Å². The van der Waals surface area contributed by atoms with Gasteiger partial charge < -0.3 is 10.6 Å². The Morgan fingerprint density at radius 2 is 1.86 bits per heavy atom. The first-order chi connectivity index (χ1) is 16.9. The summed E-state index contributed by atoms with van der Waals surface area (Å²) in [6.07, 6.45) is 8.53. The van der Waals surface area contributed by atoms with Gasteiger partial charge >= 0.3 is 0 Å². The summed E-state index contributed by atoms with van der Waals surface area (Å²) in [4.78, 5) is 12.5. The van der Waals surface area contributed by atoms with E-state index in [-0.39, 0.29) is 16.3 Å². The fraction of sp³-hybridized carbons (Fsp3) is 0.276. The van der Waals surface area contributed by atoms with Gasteiger partial charge in [-0.3, -0.25) is 4.79 Å². The average Bonchev–Trinajstić information content (AvgIpc) is 2.90. The molecule has 35 heavy (non-hydrogen) atoms. The Morgan fingerprint density at radius 1 is 1.17 bits per heavy atom. The number of nitrogens with one attached hydrogen (secondary N) is 2. The number of hydrogen-bond acceptors (Lipinski definition) is 2. The molecule has 0 fully saturated rings. The lowest BCUT2D eigenvalue weighted by molar-refractivity contribution is 0.102. The molecule has 2 N–H and O–H groups in total. The van der Waals surface area contributed by atoms with Crippen LogP contribution in [0.15, 0.2) is 67.8 Å². The molecular formula is C29H35ClF2N2O. The number of carbonyl (C=O) groups excluding carboxylic acids is 1. The van der Waals surface area contributed by atoms with E-state index in [1.165, 1.54) is 12.1 Å². The van der Waals surface area contributed by atoms with Crippen molar-refractivity contribution in [2.24, 2.45) is 0 Å². The maximum absolute atomic E-state index is 14.7. The Bertz CT molecular complexity index is 1080. The van der Waals surface area contributed by atoms with Crippen molar-refractivity contribution < 1.29 is 13.6 Å². The third kappa shape index (κ3) is 8.30. The molecule has 1 aliphatic rings. The second-order valence-corrected chi connectivity index (χ2v) is 7.64. The Morgan fingerprint density at radius 3 is 2.37 bits per heavy atom. The lowest BCUT2D eigenvalue weighted by Crippen LogP contribution is -2.20. The molecule has 0 bridgehead atoms. The number of halogens is 3. The van der Waals surface area contributed by atoms with Crippen molar-refractivity contribution in [3.05, 3.63) is 101 Å². The largest absolute Gasteiger partial charge is 0.319 e. The summed E-state index contributed by atoms with van der Waals surface area (Å²) in [6.45, 7) is 16.0. The molecule has 1 amide bonds. The first-order valence-electron chi connectivity index (χ1n) is 11.8. The molecule has 0 radical (unpaired) electrons. The molecule has 2 aromatic carbocycles. The highest BCUT2D eigenvalue weighted by Gasteiger charge is 2.18. The van der Waals surface area contributed by atoms with Gasteiger partial charge in [-0.1, -0.05) is 82.0 Å². The predicted octanol–water partition coefficient (Wildman–Crippen LogP) is 8.45. The van der Waals surface area contributed by atoms with E-state index in [4.69, 9.17) is 11.6 Å². The molecule has 3 nitrogen and oxygen atoms in total. The lowest BCUT2D eigenvalue weighted by Gasteiger charge is -2.15. The van der Waals surface area contributed by atoms with Crippen molar-refractivity contribution >= 4 is 34.3 Å².